The summed E-state index contributed by atoms with van der Waals surface area (Å²) in [5, 5.41) is 0. The Morgan fingerprint density at radius 1 is 1.17 bits per heavy atom. The van der Waals surface area contributed by atoms with Crippen LogP contribution in [-0.4, -0.2) is 0 Å². The second kappa shape index (κ2) is 7.68. The van der Waals surface area contributed by atoms with Crippen LogP contribution in [0.15, 0.2) is 30.4 Å². The summed E-state index contributed by atoms with van der Waals surface area (Å²) in [4.78, 5) is 0. The van der Waals surface area contributed by atoms with Crippen LogP contribution in [0.4, 0.5) is 17.6 Å². The van der Waals surface area contributed by atoms with Gasteiger partial charge in [0.25, 0.3) is 0 Å². The molecule has 1 aliphatic rings. The van der Waals surface area contributed by atoms with E-state index in [9.17, 15) is 17.6 Å². The van der Waals surface area contributed by atoms with Crippen molar-refractivity contribution in [2.75, 3.05) is 0 Å². The number of alkyl halides is 3. The highest BCUT2D eigenvalue weighted by Crippen LogP contribution is 2.32. The Labute approximate surface area is 134 Å². The quantitative estimate of drug-likeness (QED) is 0.464. The van der Waals surface area contributed by atoms with Gasteiger partial charge in [-0.1, -0.05) is 31.3 Å². The van der Waals surface area contributed by atoms with Gasteiger partial charge < -0.3 is 0 Å². The summed E-state index contributed by atoms with van der Waals surface area (Å²) in [6, 6.07) is 2.75. The highest BCUT2D eigenvalue weighted by atomic mass is 19.4. The van der Waals surface area contributed by atoms with Gasteiger partial charge in [-0.3, -0.25) is 0 Å². The Morgan fingerprint density at radius 3 is 2.43 bits per heavy atom. The summed E-state index contributed by atoms with van der Waals surface area (Å²) >= 11 is 0. The zero-order valence-electron chi connectivity index (χ0n) is 13.1. The summed E-state index contributed by atoms with van der Waals surface area (Å²) in [6.45, 7) is 2.22. The molecule has 0 nitrogen and oxygen atoms in total. The van der Waals surface area contributed by atoms with E-state index in [0.29, 0.717) is 5.92 Å². The molecule has 1 aromatic rings. The van der Waals surface area contributed by atoms with E-state index >= 15 is 0 Å². The van der Waals surface area contributed by atoms with Gasteiger partial charge in [-0.2, -0.15) is 13.2 Å². The second-order valence-electron chi connectivity index (χ2n) is 6.01. The van der Waals surface area contributed by atoms with Crippen molar-refractivity contribution in [2.24, 2.45) is 11.8 Å². The lowest BCUT2D eigenvalue weighted by molar-refractivity contribution is -0.140. The van der Waals surface area contributed by atoms with Gasteiger partial charge in [0.1, 0.15) is 5.82 Å². The van der Waals surface area contributed by atoms with Crippen LogP contribution >= 0.6 is 0 Å². The van der Waals surface area contributed by atoms with Crippen molar-refractivity contribution in [1.29, 1.82) is 0 Å². The third-order valence-electron chi connectivity index (χ3n) is 4.41. The third kappa shape index (κ3) is 5.13. The number of hydrogen-bond acceptors (Lipinski definition) is 0. The molecule has 124 valence electrons. The van der Waals surface area contributed by atoms with Gasteiger partial charge in [0.2, 0.25) is 0 Å². The first-order chi connectivity index (χ1) is 10.9. The molecule has 0 N–H and O–H groups in total. The minimum atomic E-state index is -4.67. The first-order valence-corrected chi connectivity index (χ1v) is 7.95. The van der Waals surface area contributed by atoms with E-state index in [1.807, 2.05) is 0 Å². The first kappa shape index (κ1) is 17.6. The van der Waals surface area contributed by atoms with E-state index in [-0.39, 0.29) is 5.56 Å². The molecule has 0 aliphatic heterocycles. The lowest BCUT2D eigenvalue weighted by Gasteiger charge is -2.25. The van der Waals surface area contributed by atoms with Crippen LogP contribution in [-0.2, 0) is 6.18 Å². The SMILES string of the molecule is CC[C@H]1CC[C@H](/C=C/C#Cc2ccc(C(F)(F)F)c(F)c2)CC1. The molecular weight excluding hydrogens is 304 g/mol. The fourth-order valence-corrected chi connectivity index (χ4v) is 2.92. The molecule has 0 amide bonds. The maximum absolute atomic E-state index is 13.4. The van der Waals surface area contributed by atoms with Gasteiger partial charge in [-0.05, 0) is 61.8 Å². The zero-order valence-corrected chi connectivity index (χ0v) is 13.1. The highest BCUT2D eigenvalue weighted by Gasteiger charge is 2.33. The summed E-state index contributed by atoms with van der Waals surface area (Å²) in [6.07, 6.45) is 5.14. The second-order valence-corrected chi connectivity index (χ2v) is 6.01. The van der Waals surface area contributed by atoms with Gasteiger partial charge in [0.15, 0.2) is 0 Å². The lowest BCUT2D eigenvalue weighted by Crippen LogP contribution is -2.11. The van der Waals surface area contributed by atoms with Crippen molar-refractivity contribution in [3.63, 3.8) is 0 Å². The standard InChI is InChI=1S/C19H20F4/c1-2-14-7-9-15(10-8-14)5-3-4-6-16-11-12-17(18(20)13-16)19(21,22)23/h3,5,11-15H,2,7-10H2,1H3/b5-3+/t14-,15-. The normalized spacial score (nSPS) is 22.0. The first-order valence-electron chi connectivity index (χ1n) is 7.95. The van der Waals surface area contributed by atoms with Crippen LogP contribution < -0.4 is 0 Å². The van der Waals surface area contributed by atoms with Crippen molar-refractivity contribution < 1.29 is 17.6 Å². The summed E-state index contributed by atoms with van der Waals surface area (Å²) in [7, 11) is 0. The van der Waals surface area contributed by atoms with E-state index in [2.05, 4.69) is 24.8 Å². The molecule has 2 rings (SSSR count). The molecule has 23 heavy (non-hydrogen) atoms. The fraction of sp³-hybridized carbons (Fsp3) is 0.474. The Balaban J connectivity index is 1.95. The van der Waals surface area contributed by atoms with E-state index < -0.39 is 17.6 Å². The smallest absolute Gasteiger partial charge is 0.206 e. The van der Waals surface area contributed by atoms with Gasteiger partial charge in [-0.25, -0.2) is 4.39 Å². The highest BCUT2D eigenvalue weighted by molar-refractivity contribution is 5.39. The van der Waals surface area contributed by atoms with Crippen LogP contribution in [0, 0.1) is 29.5 Å². The molecular formula is C19H20F4. The predicted molar refractivity (Wildman–Crippen MR) is 83.2 cm³/mol. The van der Waals surface area contributed by atoms with Crippen molar-refractivity contribution in [2.45, 2.75) is 45.2 Å². The molecule has 0 saturated heterocycles. The largest absolute Gasteiger partial charge is 0.419 e. The van der Waals surface area contributed by atoms with E-state index in [1.54, 1.807) is 6.08 Å². The third-order valence-corrected chi connectivity index (χ3v) is 4.41. The number of benzene rings is 1. The van der Waals surface area contributed by atoms with Crippen molar-refractivity contribution >= 4 is 0 Å². The van der Waals surface area contributed by atoms with Gasteiger partial charge in [-0.15, -0.1) is 0 Å². The molecule has 0 radical (unpaired) electrons. The molecule has 1 aliphatic carbocycles. The number of halogens is 4. The molecule has 4 heteroatoms. The number of allylic oxidation sites excluding steroid dienone is 2. The van der Waals surface area contributed by atoms with Crippen molar-refractivity contribution in [3.05, 3.63) is 47.3 Å². The van der Waals surface area contributed by atoms with Crippen molar-refractivity contribution in [3.8, 4) is 11.8 Å². The molecule has 1 saturated carbocycles. The van der Waals surface area contributed by atoms with Crippen LogP contribution in [0.1, 0.15) is 50.2 Å². The minimum Gasteiger partial charge on any atom is -0.206 e. The molecule has 0 atom stereocenters. The Hall–Kier alpha value is -1.76. The molecule has 0 aromatic heterocycles. The molecule has 0 bridgehead atoms. The lowest BCUT2D eigenvalue weighted by atomic mass is 9.81. The predicted octanol–water partition coefficient (Wildman–Crippen LogP) is 5.97. The topological polar surface area (TPSA) is 0 Å². The van der Waals surface area contributed by atoms with E-state index in [0.717, 1.165) is 30.9 Å². The molecule has 1 fully saturated rings. The van der Waals surface area contributed by atoms with Crippen LogP contribution in [0.2, 0.25) is 0 Å². The summed E-state index contributed by atoms with van der Waals surface area (Å²) in [5.41, 5.74) is -1.01. The van der Waals surface area contributed by atoms with Crippen molar-refractivity contribution in [1.82, 2.24) is 0 Å². The van der Waals surface area contributed by atoms with Gasteiger partial charge >= 0.3 is 6.18 Å². The fourth-order valence-electron chi connectivity index (χ4n) is 2.92. The zero-order chi connectivity index (χ0) is 16.9. The van der Waals surface area contributed by atoms with Gasteiger partial charge in [0.05, 0.1) is 5.56 Å². The van der Waals surface area contributed by atoms with Crippen LogP contribution in [0.3, 0.4) is 0 Å². The number of hydrogen-bond donors (Lipinski definition) is 0. The van der Waals surface area contributed by atoms with Gasteiger partial charge in [0, 0.05) is 5.56 Å². The molecule has 0 spiro atoms. The Kier molecular flexibility index (Phi) is 5.87. The average molecular weight is 324 g/mol. The Bertz CT molecular complexity index is 608. The summed E-state index contributed by atoms with van der Waals surface area (Å²) < 4.78 is 50.8. The number of rotatable bonds is 2. The summed E-state index contributed by atoms with van der Waals surface area (Å²) in [5.74, 6) is 5.53. The average Bonchev–Trinajstić information content (AvgIpc) is 2.51. The maximum atomic E-state index is 13.4. The van der Waals surface area contributed by atoms with Crippen LogP contribution in [0.5, 0.6) is 0 Å². The maximum Gasteiger partial charge on any atom is 0.419 e. The molecule has 0 unspecified atom stereocenters. The Morgan fingerprint density at radius 2 is 1.87 bits per heavy atom. The molecule has 0 heterocycles. The minimum absolute atomic E-state index is 0.245. The monoisotopic (exact) mass is 324 g/mol. The molecule has 1 aromatic carbocycles. The van der Waals surface area contributed by atoms with E-state index in [1.165, 1.54) is 25.3 Å². The van der Waals surface area contributed by atoms with Crippen LogP contribution in [0.25, 0.3) is 0 Å². The van der Waals surface area contributed by atoms with E-state index in [4.69, 9.17) is 0 Å².